The fourth-order valence-corrected chi connectivity index (χ4v) is 2.87. The molecule has 5 heteroatoms. The van der Waals surface area contributed by atoms with Gasteiger partial charge in [-0.15, -0.1) is 0 Å². The number of carbonyl (C=O) groups excluding carboxylic acids is 1. The summed E-state index contributed by atoms with van der Waals surface area (Å²) in [5, 5.41) is 6.28. The Balaban J connectivity index is 1.76. The van der Waals surface area contributed by atoms with Gasteiger partial charge in [-0.3, -0.25) is 4.90 Å². The molecule has 2 unspecified atom stereocenters. The summed E-state index contributed by atoms with van der Waals surface area (Å²) in [6, 6.07) is 0.590. The molecule has 0 radical (unpaired) electrons. The predicted octanol–water partition coefficient (Wildman–Crippen LogP) is 1.19. The van der Waals surface area contributed by atoms with Crippen LogP contribution in [0.2, 0.25) is 0 Å². The van der Waals surface area contributed by atoms with Crippen LogP contribution in [0, 0.1) is 5.92 Å². The van der Waals surface area contributed by atoms with Crippen LogP contribution >= 0.6 is 0 Å². The van der Waals surface area contributed by atoms with Crippen LogP contribution in [0.25, 0.3) is 0 Å². The number of nitrogens with zero attached hydrogens (tertiary/aromatic N) is 1. The highest BCUT2D eigenvalue weighted by Crippen LogP contribution is 2.18. The van der Waals surface area contributed by atoms with E-state index in [0.717, 1.165) is 26.2 Å². The van der Waals surface area contributed by atoms with E-state index in [1.54, 1.807) is 0 Å². The first-order valence-electron chi connectivity index (χ1n) is 7.54. The summed E-state index contributed by atoms with van der Waals surface area (Å²) in [5.41, 5.74) is 0. The molecule has 0 aromatic rings. The summed E-state index contributed by atoms with van der Waals surface area (Å²) in [6.07, 6.45) is 3.58. The van der Waals surface area contributed by atoms with E-state index < -0.39 is 0 Å². The quantitative estimate of drug-likeness (QED) is 0.760. The van der Waals surface area contributed by atoms with E-state index in [1.165, 1.54) is 19.3 Å². The van der Waals surface area contributed by atoms with Crippen molar-refractivity contribution in [3.8, 4) is 0 Å². The molecule has 2 heterocycles. The molecule has 0 bridgehead atoms. The number of nitrogens with one attached hydrogen (secondary N) is 2. The van der Waals surface area contributed by atoms with Gasteiger partial charge in [0, 0.05) is 19.1 Å². The zero-order valence-corrected chi connectivity index (χ0v) is 12.2. The Morgan fingerprint density at radius 1 is 1.47 bits per heavy atom. The third kappa shape index (κ3) is 4.66. The van der Waals surface area contributed by atoms with Crippen LogP contribution in [0.15, 0.2) is 0 Å². The normalized spacial score (nSPS) is 28.5. The van der Waals surface area contributed by atoms with E-state index in [1.807, 2.05) is 0 Å². The van der Waals surface area contributed by atoms with Crippen molar-refractivity contribution in [3.05, 3.63) is 0 Å². The van der Waals surface area contributed by atoms with Crippen LogP contribution in [0.5, 0.6) is 0 Å². The maximum absolute atomic E-state index is 11.1. The van der Waals surface area contributed by atoms with E-state index in [9.17, 15) is 4.79 Å². The monoisotopic (exact) mass is 269 g/mol. The third-order valence-corrected chi connectivity index (χ3v) is 3.87. The molecule has 2 aliphatic rings. The van der Waals surface area contributed by atoms with Crippen molar-refractivity contribution < 1.29 is 9.53 Å². The third-order valence-electron chi connectivity index (χ3n) is 3.87. The van der Waals surface area contributed by atoms with Crippen molar-refractivity contribution in [1.82, 2.24) is 15.5 Å². The number of hydrogen-bond acceptors (Lipinski definition) is 4. The molecule has 2 N–H and O–H groups in total. The molecular formula is C14H27N3O2. The second-order valence-corrected chi connectivity index (χ2v) is 6.10. The fraction of sp³-hybridized carbons (Fsp3) is 0.929. The summed E-state index contributed by atoms with van der Waals surface area (Å²) in [4.78, 5) is 13.5. The van der Waals surface area contributed by atoms with Crippen molar-refractivity contribution in [3.63, 3.8) is 0 Å². The highest BCUT2D eigenvalue weighted by Gasteiger charge is 2.29. The first kappa shape index (κ1) is 14.6. The van der Waals surface area contributed by atoms with Gasteiger partial charge in [0.2, 0.25) is 0 Å². The van der Waals surface area contributed by atoms with Crippen molar-refractivity contribution in [1.29, 1.82) is 0 Å². The zero-order valence-electron chi connectivity index (χ0n) is 12.2. The van der Waals surface area contributed by atoms with Gasteiger partial charge in [-0.25, -0.2) is 4.79 Å². The lowest BCUT2D eigenvalue weighted by atomic mass is 10.0. The van der Waals surface area contributed by atoms with E-state index in [2.05, 4.69) is 29.4 Å². The van der Waals surface area contributed by atoms with E-state index >= 15 is 0 Å². The minimum atomic E-state index is -0.267. The molecule has 110 valence electrons. The molecule has 19 heavy (non-hydrogen) atoms. The first-order valence-corrected chi connectivity index (χ1v) is 7.54. The molecule has 0 aromatic heterocycles. The van der Waals surface area contributed by atoms with Gasteiger partial charge >= 0.3 is 6.09 Å². The maximum Gasteiger partial charge on any atom is 0.407 e. The molecular weight excluding hydrogens is 242 g/mol. The average molecular weight is 269 g/mol. The van der Waals surface area contributed by atoms with Crippen LogP contribution < -0.4 is 10.6 Å². The molecule has 2 rings (SSSR count). The van der Waals surface area contributed by atoms with E-state index in [4.69, 9.17) is 4.74 Å². The lowest BCUT2D eigenvalue weighted by Crippen LogP contribution is -2.49. The number of piperidine rings is 1. The molecule has 0 spiro atoms. The number of alkyl carbamates (subject to hydrolysis) is 1. The average Bonchev–Trinajstić information content (AvgIpc) is 2.77. The van der Waals surface area contributed by atoms with E-state index in [-0.39, 0.29) is 12.2 Å². The highest BCUT2D eigenvalue weighted by atomic mass is 16.6. The number of amides is 1. The van der Waals surface area contributed by atoms with E-state index in [0.29, 0.717) is 18.5 Å². The molecule has 2 atom stereocenters. The summed E-state index contributed by atoms with van der Waals surface area (Å²) >= 11 is 0. The highest BCUT2D eigenvalue weighted by molar-refractivity contribution is 5.69. The Kier molecular flexibility index (Phi) is 5.45. The maximum atomic E-state index is 11.1. The zero-order chi connectivity index (χ0) is 13.7. The number of likely N-dealkylation sites (tertiary alicyclic amines) is 1. The molecule has 2 aliphatic heterocycles. The van der Waals surface area contributed by atoms with Crippen LogP contribution in [0.1, 0.15) is 33.1 Å². The summed E-state index contributed by atoms with van der Waals surface area (Å²) in [6.45, 7) is 9.23. The Morgan fingerprint density at radius 2 is 2.32 bits per heavy atom. The number of ether oxygens (including phenoxy) is 1. The summed E-state index contributed by atoms with van der Waals surface area (Å²) in [7, 11) is 0. The largest absolute Gasteiger partial charge is 0.443 e. The Labute approximate surface area is 116 Å². The number of rotatable bonds is 6. The van der Waals surface area contributed by atoms with Crippen LogP contribution in [0.3, 0.4) is 0 Å². The van der Waals surface area contributed by atoms with Crippen molar-refractivity contribution in [2.45, 2.75) is 45.3 Å². The van der Waals surface area contributed by atoms with Crippen molar-refractivity contribution in [2.75, 3.05) is 32.7 Å². The SMILES string of the molecule is CC(C)CNCC1CCCCN1CC1CNC(=O)O1. The Hall–Kier alpha value is -0.810. The van der Waals surface area contributed by atoms with Gasteiger partial charge in [-0.05, 0) is 31.8 Å². The smallest absolute Gasteiger partial charge is 0.407 e. The summed E-state index contributed by atoms with van der Waals surface area (Å²) < 4.78 is 5.24. The number of hydrogen-bond donors (Lipinski definition) is 2. The second-order valence-electron chi connectivity index (χ2n) is 6.10. The van der Waals surface area contributed by atoms with Crippen LogP contribution in [-0.2, 0) is 4.74 Å². The summed E-state index contributed by atoms with van der Waals surface area (Å²) in [5.74, 6) is 0.692. The Bertz CT molecular complexity index is 296. The van der Waals surface area contributed by atoms with Gasteiger partial charge in [0.05, 0.1) is 6.54 Å². The second kappa shape index (κ2) is 7.10. The molecule has 5 nitrogen and oxygen atoms in total. The van der Waals surface area contributed by atoms with Crippen LogP contribution in [-0.4, -0.2) is 55.9 Å². The minimum Gasteiger partial charge on any atom is -0.443 e. The Morgan fingerprint density at radius 3 is 3.00 bits per heavy atom. The number of carbonyl (C=O) groups is 1. The van der Waals surface area contributed by atoms with Crippen molar-refractivity contribution >= 4 is 6.09 Å². The first-order chi connectivity index (χ1) is 9.15. The van der Waals surface area contributed by atoms with Gasteiger partial charge < -0.3 is 15.4 Å². The molecule has 1 amide bonds. The lowest BCUT2D eigenvalue weighted by molar-refractivity contribution is 0.0722. The van der Waals surface area contributed by atoms with Gasteiger partial charge in [0.25, 0.3) is 0 Å². The topological polar surface area (TPSA) is 53.6 Å². The standard InChI is InChI=1S/C14H27N3O2/c1-11(2)7-15-8-12-5-3-4-6-17(12)10-13-9-16-14(18)19-13/h11-13,15H,3-10H2,1-2H3,(H,16,18). The number of cyclic esters (lactones) is 1. The fourth-order valence-electron chi connectivity index (χ4n) is 2.87. The van der Waals surface area contributed by atoms with Gasteiger partial charge in [0.1, 0.15) is 6.10 Å². The van der Waals surface area contributed by atoms with Gasteiger partial charge in [0.15, 0.2) is 0 Å². The molecule has 2 saturated heterocycles. The van der Waals surface area contributed by atoms with Gasteiger partial charge in [-0.2, -0.15) is 0 Å². The predicted molar refractivity (Wildman–Crippen MR) is 75.2 cm³/mol. The van der Waals surface area contributed by atoms with Crippen molar-refractivity contribution in [2.24, 2.45) is 5.92 Å². The molecule has 0 aromatic carbocycles. The van der Waals surface area contributed by atoms with Gasteiger partial charge in [-0.1, -0.05) is 20.3 Å². The molecule has 0 saturated carbocycles. The van der Waals surface area contributed by atoms with Crippen LogP contribution in [0.4, 0.5) is 4.79 Å². The minimum absolute atomic E-state index is 0.0261. The molecule has 2 fully saturated rings. The molecule has 0 aliphatic carbocycles. The lowest BCUT2D eigenvalue weighted by Gasteiger charge is -2.37.